The first kappa shape index (κ1) is 14.3. The highest BCUT2D eigenvalue weighted by Crippen LogP contribution is 2.28. The highest BCUT2D eigenvalue weighted by molar-refractivity contribution is 7.89. The zero-order chi connectivity index (χ0) is 15.0. The van der Waals surface area contributed by atoms with Gasteiger partial charge in [0, 0.05) is 31.7 Å². The van der Waals surface area contributed by atoms with E-state index in [-0.39, 0.29) is 22.8 Å². The first-order chi connectivity index (χ1) is 9.96. The van der Waals surface area contributed by atoms with E-state index in [0.29, 0.717) is 31.7 Å². The van der Waals surface area contributed by atoms with Crippen LogP contribution in [0.2, 0.25) is 0 Å². The number of piperidine rings is 2. The van der Waals surface area contributed by atoms with E-state index < -0.39 is 10.0 Å². The molecule has 0 spiro atoms. The minimum Gasteiger partial charge on any atom is -0.384 e. The summed E-state index contributed by atoms with van der Waals surface area (Å²) < 4.78 is 26.7. The fourth-order valence-electron chi connectivity index (χ4n) is 2.99. The van der Waals surface area contributed by atoms with E-state index in [2.05, 4.69) is 10.3 Å². The maximum absolute atomic E-state index is 12.6. The lowest BCUT2D eigenvalue weighted by molar-refractivity contribution is -0.124. The molecule has 3 rings (SSSR count). The maximum Gasteiger partial charge on any atom is 0.244 e. The standard InChI is InChI=1S/C13H18N4O3S/c14-12-3-2-10(7-15-12)21(19,20)17-6-5-11-9(8-17)1-4-13(18)16-11/h2-3,7,9,11H,1,4-6,8H2,(H2,14,15)(H,16,18). The third-order valence-corrected chi connectivity index (χ3v) is 6.03. The van der Waals surface area contributed by atoms with Crippen molar-refractivity contribution in [2.75, 3.05) is 18.8 Å². The van der Waals surface area contributed by atoms with Gasteiger partial charge < -0.3 is 11.1 Å². The Morgan fingerprint density at radius 2 is 2.14 bits per heavy atom. The van der Waals surface area contributed by atoms with E-state index in [1.165, 1.54) is 22.6 Å². The van der Waals surface area contributed by atoms with E-state index in [4.69, 9.17) is 5.73 Å². The number of hydrogen-bond acceptors (Lipinski definition) is 5. The number of rotatable bonds is 2. The average Bonchev–Trinajstić information content (AvgIpc) is 2.47. The zero-order valence-corrected chi connectivity index (χ0v) is 12.3. The van der Waals surface area contributed by atoms with E-state index in [9.17, 15) is 13.2 Å². The summed E-state index contributed by atoms with van der Waals surface area (Å²) in [5, 5.41) is 2.95. The number of nitrogen functional groups attached to an aromatic ring is 1. The van der Waals surface area contributed by atoms with Gasteiger partial charge in [0.1, 0.15) is 10.7 Å². The molecule has 3 N–H and O–H groups in total. The molecule has 0 radical (unpaired) electrons. The zero-order valence-electron chi connectivity index (χ0n) is 11.5. The topological polar surface area (TPSA) is 105 Å². The number of nitrogens with zero attached hydrogens (tertiary/aromatic N) is 2. The Balaban J connectivity index is 1.78. The fourth-order valence-corrected chi connectivity index (χ4v) is 4.45. The molecular weight excluding hydrogens is 292 g/mol. The van der Waals surface area contributed by atoms with Crippen molar-refractivity contribution in [1.29, 1.82) is 0 Å². The average molecular weight is 310 g/mol. The summed E-state index contributed by atoms with van der Waals surface area (Å²) in [4.78, 5) is 15.4. The molecule has 2 aliphatic rings. The first-order valence-corrected chi connectivity index (χ1v) is 8.42. The lowest BCUT2D eigenvalue weighted by atomic mass is 9.86. The fraction of sp³-hybridized carbons (Fsp3) is 0.538. The van der Waals surface area contributed by atoms with Gasteiger partial charge in [-0.3, -0.25) is 4.79 Å². The molecule has 8 heteroatoms. The number of nitrogens with one attached hydrogen (secondary N) is 1. The number of hydrogen-bond donors (Lipinski definition) is 2. The third kappa shape index (κ3) is 2.73. The summed E-state index contributed by atoms with van der Waals surface area (Å²) in [5.41, 5.74) is 5.49. The van der Waals surface area contributed by atoms with E-state index in [0.717, 1.165) is 6.42 Å². The molecule has 1 aromatic rings. The number of fused-ring (bicyclic) bond motifs is 1. The van der Waals surface area contributed by atoms with Crippen LogP contribution in [0.15, 0.2) is 23.2 Å². The molecule has 0 aromatic carbocycles. The van der Waals surface area contributed by atoms with Crippen LogP contribution in [0, 0.1) is 5.92 Å². The van der Waals surface area contributed by atoms with Crippen LogP contribution in [0.4, 0.5) is 5.82 Å². The van der Waals surface area contributed by atoms with Gasteiger partial charge in [0.25, 0.3) is 0 Å². The smallest absolute Gasteiger partial charge is 0.244 e. The van der Waals surface area contributed by atoms with Gasteiger partial charge in [-0.2, -0.15) is 4.31 Å². The van der Waals surface area contributed by atoms with Gasteiger partial charge in [-0.25, -0.2) is 13.4 Å². The van der Waals surface area contributed by atoms with Crippen molar-refractivity contribution < 1.29 is 13.2 Å². The molecule has 21 heavy (non-hydrogen) atoms. The summed E-state index contributed by atoms with van der Waals surface area (Å²) in [6.07, 6.45) is 3.15. The van der Waals surface area contributed by atoms with Crippen molar-refractivity contribution >= 4 is 21.7 Å². The molecule has 0 aliphatic carbocycles. The van der Waals surface area contributed by atoms with Crippen molar-refractivity contribution in [3.05, 3.63) is 18.3 Å². The molecule has 1 aromatic heterocycles. The highest BCUT2D eigenvalue weighted by atomic mass is 32.2. The van der Waals surface area contributed by atoms with Gasteiger partial charge in [-0.15, -0.1) is 0 Å². The summed E-state index contributed by atoms with van der Waals surface area (Å²) in [7, 11) is -3.54. The molecule has 3 heterocycles. The van der Waals surface area contributed by atoms with Crippen molar-refractivity contribution in [1.82, 2.24) is 14.6 Å². The number of anilines is 1. The lowest BCUT2D eigenvalue weighted by Crippen LogP contribution is -2.54. The number of carbonyl (C=O) groups is 1. The monoisotopic (exact) mass is 310 g/mol. The second-order valence-corrected chi connectivity index (χ2v) is 7.48. The van der Waals surface area contributed by atoms with Crippen LogP contribution in [0.1, 0.15) is 19.3 Å². The summed E-state index contributed by atoms with van der Waals surface area (Å²) in [6, 6.07) is 3.06. The maximum atomic E-state index is 12.6. The van der Waals surface area contributed by atoms with Crippen molar-refractivity contribution in [2.24, 2.45) is 5.92 Å². The Morgan fingerprint density at radius 1 is 1.33 bits per heavy atom. The minimum absolute atomic E-state index is 0.0651. The normalized spacial score (nSPS) is 27.0. The van der Waals surface area contributed by atoms with Crippen molar-refractivity contribution in [2.45, 2.75) is 30.2 Å². The Labute approximate surface area is 123 Å². The minimum atomic E-state index is -3.54. The Morgan fingerprint density at radius 3 is 2.86 bits per heavy atom. The molecule has 2 atom stereocenters. The third-order valence-electron chi connectivity index (χ3n) is 4.18. The van der Waals surface area contributed by atoms with Gasteiger partial charge in [0.05, 0.1) is 0 Å². The Kier molecular flexibility index (Phi) is 3.58. The molecule has 7 nitrogen and oxygen atoms in total. The Bertz CT molecular complexity index is 644. The summed E-state index contributed by atoms with van der Waals surface area (Å²) in [5.74, 6) is 0.547. The molecule has 114 valence electrons. The predicted molar refractivity (Wildman–Crippen MR) is 76.7 cm³/mol. The van der Waals surface area contributed by atoms with Crippen LogP contribution in [-0.4, -0.2) is 42.7 Å². The van der Waals surface area contributed by atoms with Crippen LogP contribution in [0.5, 0.6) is 0 Å². The van der Waals surface area contributed by atoms with E-state index >= 15 is 0 Å². The van der Waals surface area contributed by atoms with Gasteiger partial charge >= 0.3 is 0 Å². The van der Waals surface area contributed by atoms with Gasteiger partial charge in [-0.05, 0) is 30.9 Å². The first-order valence-electron chi connectivity index (χ1n) is 6.98. The summed E-state index contributed by atoms with van der Waals surface area (Å²) >= 11 is 0. The number of pyridine rings is 1. The second kappa shape index (κ2) is 5.27. The van der Waals surface area contributed by atoms with Crippen molar-refractivity contribution in [3.8, 4) is 0 Å². The Hall–Kier alpha value is -1.67. The van der Waals surface area contributed by atoms with Crippen LogP contribution in [0.3, 0.4) is 0 Å². The molecular formula is C13H18N4O3S. The number of aromatic nitrogens is 1. The van der Waals surface area contributed by atoms with Gasteiger partial charge in [-0.1, -0.05) is 0 Å². The molecule has 1 amide bonds. The summed E-state index contributed by atoms with van der Waals surface area (Å²) in [6.45, 7) is 0.853. The number of sulfonamides is 1. The number of carbonyl (C=O) groups excluding carboxylic acids is 1. The van der Waals surface area contributed by atoms with Crippen LogP contribution >= 0.6 is 0 Å². The van der Waals surface area contributed by atoms with Crippen molar-refractivity contribution in [3.63, 3.8) is 0 Å². The quantitative estimate of drug-likeness (QED) is 0.797. The molecule has 2 saturated heterocycles. The van der Waals surface area contributed by atoms with E-state index in [1.54, 1.807) is 0 Å². The highest BCUT2D eigenvalue weighted by Gasteiger charge is 2.38. The SMILES string of the molecule is Nc1ccc(S(=O)(=O)N2CCC3NC(=O)CCC3C2)cn1. The van der Waals surface area contributed by atoms with Crippen LogP contribution in [-0.2, 0) is 14.8 Å². The number of nitrogens with two attached hydrogens (primary N) is 1. The second-order valence-electron chi connectivity index (χ2n) is 5.54. The van der Waals surface area contributed by atoms with Gasteiger partial charge in [0.15, 0.2) is 0 Å². The van der Waals surface area contributed by atoms with E-state index in [1.807, 2.05) is 0 Å². The van der Waals surface area contributed by atoms with Crippen LogP contribution < -0.4 is 11.1 Å². The molecule has 2 aliphatic heterocycles. The van der Waals surface area contributed by atoms with Crippen LogP contribution in [0.25, 0.3) is 0 Å². The lowest BCUT2D eigenvalue weighted by Gasteiger charge is -2.40. The predicted octanol–water partition coefficient (Wildman–Crippen LogP) is -0.0470. The largest absolute Gasteiger partial charge is 0.384 e. The molecule has 0 bridgehead atoms. The number of amides is 1. The van der Waals surface area contributed by atoms with Gasteiger partial charge in [0.2, 0.25) is 15.9 Å². The molecule has 0 saturated carbocycles. The molecule has 2 unspecified atom stereocenters. The molecule has 2 fully saturated rings.